The van der Waals surface area contributed by atoms with Gasteiger partial charge < -0.3 is 4.98 Å². The number of hydrogen-bond acceptors (Lipinski definition) is 4. The highest BCUT2D eigenvalue weighted by Crippen LogP contribution is 2.17. The molecular formula is C10H6N4O. The summed E-state index contributed by atoms with van der Waals surface area (Å²) in [6, 6.07) is 6.56. The predicted octanol–water partition coefficient (Wildman–Crippen LogP) is 0.686. The van der Waals surface area contributed by atoms with Gasteiger partial charge in [-0.05, 0) is 12.5 Å². The lowest BCUT2D eigenvalue weighted by atomic mass is 10.00. The molecule has 1 aromatic rings. The Hall–Kier alpha value is -2.58. The molecule has 0 radical (unpaired) electrons. The van der Waals surface area contributed by atoms with E-state index in [1.54, 1.807) is 19.1 Å². The van der Waals surface area contributed by atoms with Crippen LogP contribution in [0.1, 0.15) is 22.7 Å². The van der Waals surface area contributed by atoms with Gasteiger partial charge >= 0.3 is 0 Å². The minimum atomic E-state index is -1.12. The summed E-state index contributed by atoms with van der Waals surface area (Å²) in [6.07, 6.45) is 0. The second-order valence-corrected chi connectivity index (χ2v) is 2.91. The van der Waals surface area contributed by atoms with Crippen molar-refractivity contribution >= 4 is 0 Å². The van der Waals surface area contributed by atoms with Crippen molar-refractivity contribution in [2.75, 3.05) is 0 Å². The van der Waals surface area contributed by atoms with Gasteiger partial charge in [0, 0.05) is 6.07 Å². The number of H-pyrrole nitrogens is 1. The molecule has 1 aromatic heterocycles. The van der Waals surface area contributed by atoms with Gasteiger partial charge in [0.25, 0.3) is 0 Å². The van der Waals surface area contributed by atoms with Crippen LogP contribution in [0, 0.1) is 40.9 Å². The summed E-state index contributed by atoms with van der Waals surface area (Å²) in [5.41, 5.74) is 0.305. The van der Waals surface area contributed by atoms with Crippen molar-refractivity contribution in [3.63, 3.8) is 0 Å². The maximum Gasteiger partial charge on any atom is 0.248 e. The molecule has 0 aliphatic carbocycles. The van der Waals surface area contributed by atoms with Crippen LogP contribution in [0.25, 0.3) is 0 Å². The van der Waals surface area contributed by atoms with Crippen LogP contribution in [0.15, 0.2) is 10.9 Å². The molecule has 0 saturated heterocycles. The van der Waals surface area contributed by atoms with E-state index in [0.717, 1.165) is 0 Å². The summed E-state index contributed by atoms with van der Waals surface area (Å²) in [5, 5.41) is 26.2. The number of nitrogens with zero attached hydrogens (tertiary/aromatic N) is 3. The third-order valence-electron chi connectivity index (χ3n) is 1.93. The van der Waals surface area contributed by atoms with Gasteiger partial charge in [-0.2, -0.15) is 15.8 Å². The molecule has 1 rings (SSSR count). The molecule has 0 saturated carbocycles. The van der Waals surface area contributed by atoms with Crippen molar-refractivity contribution in [2.24, 2.45) is 0 Å². The largest absolute Gasteiger partial charge is 0.323 e. The molecule has 0 aromatic carbocycles. The summed E-state index contributed by atoms with van der Waals surface area (Å²) in [6.45, 7) is 1.59. The minimum Gasteiger partial charge on any atom is -0.323 e. The lowest BCUT2D eigenvalue weighted by Crippen LogP contribution is -2.13. The Morgan fingerprint density at radius 3 is 2.40 bits per heavy atom. The molecule has 5 nitrogen and oxygen atoms in total. The smallest absolute Gasteiger partial charge is 0.248 e. The molecule has 0 aliphatic heterocycles. The molecule has 0 fully saturated rings. The van der Waals surface area contributed by atoms with Crippen molar-refractivity contribution in [3.05, 3.63) is 33.2 Å². The molecule has 0 spiro atoms. The molecule has 1 N–H and O–H groups in total. The zero-order chi connectivity index (χ0) is 11.4. The fourth-order valence-corrected chi connectivity index (χ4v) is 1.24. The monoisotopic (exact) mass is 198 g/mol. The molecule has 0 amide bonds. The number of aromatic nitrogens is 1. The number of rotatable bonds is 1. The van der Waals surface area contributed by atoms with Crippen LogP contribution in [0.4, 0.5) is 0 Å². The van der Waals surface area contributed by atoms with E-state index in [0.29, 0.717) is 5.56 Å². The summed E-state index contributed by atoms with van der Waals surface area (Å²) in [7, 11) is 0. The van der Waals surface area contributed by atoms with E-state index in [1.165, 1.54) is 6.07 Å². The van der Waals surface area contributed by atoms with Crippen LogP contribution in [-0.2, 0) is 0 Å². The first-order valence-electron chi connectivity index (χ1n) is 4.07. The topological polar surface area (TPSA) is 104 Å². The number of nitrogens with one attached hydrogen (secondary N) is 1. The maximum atomic E-state index is 11.1. The number of aryl methyl sites for hydroxylation is 1. The fourth-order valence-electron chi connectivity index (χ4n) is 1.24. The van der Waals surface area contributed by atoms with Crippen LogP contribution < -0.4 is 5.56 Å². The van der Waals surface area contributed by atoms with Gasteiger partial charge in [-0.15, -0.1) is 0 Å². The van der Waals surface area contributed by atoms with Crippen molar-refractivity contribution in [1.82, 2.24) is 4.98 Å². The summed E-state index contributed by atoms with van der Waals surface area (Å²) in [4.78, 5) is 13.5. The predicted molar refractivity (Wildman–Crippen MR) is 50.5 cm³/mol. The van der Waals surface area contributed by atoms with E-state index < -0.39 is 11.5 Å². The van der Waals surface area contributed by atoms with Crippen molar-refractivity contribution in [3.8, 4) is 18.2 Å². The number of pyridine rings is 1. The van der Waals surface area contributed by atoms with E-state index in [2.05, 4.69) is 4.98 Å². The standard InChI is InChI=1S/C10H6N4O/c1-6-2-9(15)14-10(8(6)5-13)7(3-11)4-12/h2,7H,1H3,(H,14,15). The van der Waals surface area contributed by atoms with Gasteiger partial charge in [-0.25, -0.2) is 0 Å². The average Bonchev–Trinajstić information content (AvgIpc) is 2.19. The lowest BCUT2D eigenvalue weighted by Gasteiger charge is -2.05. The van der Waals surface area contributed by atoms with Crippen LogP contribution in [0.3, 0.4) is 0 Å². The molecular weight excluding hydrogens is 192 g/mol. The van der Waals surface area contributed by atoms with Gasteiger partial charge in [-0.3, -0.25) is 4.79 Å². The molecule has 0 bridgehead atoms. The molecule has 1 heterocycles. The van der Waals surface area contributed by atoms with Crippen LogP contribution in [0.2, 0.25) is 0 Å². The van der Waals surface area contributed by atoms with Gasteiger partial charge in [-0.1, -0.05) is 0 Å². The molecule has 0 aliphatic rings. The van der Waals surface area contributed by atoms with Crippen LogP contribution >= 0.6 is 0 Å². The first kappa shape index (κ1) is 10.5. The number of aromatic amines is 1. The van der Waals surface area contributed by atoms with Crippen molar-refractivity contribution < 1.29 is 0 Å². The normalized spacial score (nSPS) is 9.00. The summed E-state index contributed by atoms with van der Waals surface area (Å²) in [5.74, 6) is -1.12. The Kier molecular flexibility index (Phi) is 2.86. The Labute approximate surface area is 85.8 Å². The van der Waals surface area contributed by atoms with Crippen LogP contribution in [0.5, 0.6) is 0 Å². The van der Waals surface area contributed by atoms with Crippen molar-refractivity contribution in [1.29, 1.82) is 15.8 Å². The SMILES string of the molecule is Cc1cc(=O)[nH]c(C(C#N)C#N)c1C#N. The Bertz CT molecular complexity index is 551. The minimum absolute atomic E-state index is 0.0764. The molecule has 15 heavy (non-hydrogen) atoms. The highest BCUT2D eigenvalue weighted by molar-refractivity contribution is 5.45. The van der Waals surface area contributed by atoms with Gasteiger partial charge in [0.1, 0.15) is 6.07 Å². The average molecular weight is 198 g/mol. The van der Waals surface area contributed by atoms with E-state index in [9.17, 15) is 4.79 Å². The highest BCUT2D eigenvalue weighted by atomic mass is 16.1. The number of nitriles is 3. The Morgan fingerprint density at radius 1 is 1.33 bits per heavy atom. The highest BCUT2D eigenvalue weighted by Gasteiger charge is 2.17. The van der Waals surface area contributed by atoms with E-state index in [-0.39, 0.29) is 11.3 Å². The van der Waals surface area contributed by atoms with Crippen LogP contribution in [-0.4, -0.2) is 4.98 Å². The van der Waals surface area contributed by atoms with Gasteiger partial charge in [0.15, 0.2) is 5.92 Å². The van der Waals surface area contributed by atoms with E-state index in [4.69, 9.17) is 15.8 Å². The Balaban J connectivity index is 3.57. The maximum absolute atomic E-state index is 11.1. The van der Waals surface area contributed by atoms with Gasteiger partial charge in [0.2, 0.25) is 5.56 Å². The summed E-state index contributed by atoms with van der Waals surface area (Å²) >= 11 is 0. The third kappa shape index (κ3) is 1.85. The van der Waals surface area contributed by atoms with Crippen molar-refractivity contribution in [2.45, 2.75) is 12.8 Å². The molecule has 72 valence electrons. The van der Waals surface area contributed by atoms with E-state index >= 15 is 0 Å². The molecule has 0 atom stereocenters. The molecule has 5 heteroatoms. The van der Waals surface area contributed by atoms with E-state index in [1.807, 2.05) is 6.07 Å². The second-order valence-electron chi connectivity index (χ2n) is 2.91. The van der Waals surface area contributed by atoms with Gasteiger partial charge in [0.05, 0.1) is 23.4 Å². The second kappa shape index (κ2) is 4.09. The first-order chi connectivity index (χ1) is 7.13. The quantitative estimate of drug-likeness (QED) is 0.716. The third-order valence-corrected chi connectivity index (χ3v) is 1.93. The lowest BCUT2D eigenvalue weighted by molar-refractivity contribution is 0.974. The molecule has 0 unspecified atom stereocenters. The Morgan fingerprint density at radius 2 is 1.93 bits per heavy atom. The fraction of sp³-hybridized carbons (Fsp3) is 0.200. The zero-order valence-electron chi connectivity index (χ0n) is 7.90. The summed E-state index contributed by atoms with van der Waals surface area (Å²) < 4.78 is 0. The zero-order valence-corrected chi connectivity index (χ0v) is 7.90. The first-order valence-corrected chi connectivity index (χ1v) is 4.07. The number of hydrogen-bond donors (Lipinski definition) is 1.